The van der Waals surface area contributed by atoms with Crippen molar-refractivity contribution in [1.82, 2.24) is 4.98 Å². The minimum Gasteiger partial charge on any atom is -0.485 e. The largest absolute Gasteiger partial charge is 0.512 e. The van der Waals surface area contributed by atoms with Crippen molar-refractivity contribution in [1.29, 1.82) is 0 Å². The van der Waals surface area contributed by atoms with Crippen LogP contribution in [0.25, 0.3) is 0 Å². The van der Waals surface area contributed by atoms with Crippen molar-refractivity contribution in [3.63, 3.8) is 0 Å². The second kappa shape index (κ2) is 5.71. The van der Waals surface area contributed by atoms with E-state index in [1.165, 1.54) is 6.07 Å². The number of ether oxygens (including phenoxy) is 3. The summed E-state index contributed by atoms with van der Waals surface area (Å²) in [4.78, 5) is 24.4. The molecule has 0 aromatic carbocycles. The third-order valence-electron chi connectivity index (χ3n) is 1.54. The molecule has 1 aromatic heterocycles. The standard InChI is InChI=1S/C10H11NO7/c1-5(2)16-7-3-6(17-9(12)13)4-11-8(7)18-10(14)15/h3-5H,1-2H3,(H,12,13)(H,14,15). The SMILES string of the molecule is CC(C)Oc1cc(OC(=O)O)cnc1OC(=O)O. The Kier molecular flexibility index (Phi) is 4.30. The quantitative estimate of drug-likeness (QED) is 0.786. The average molecular weight is 257 g/mol. The van der Waals surface area contributed by atoms with E-state index in [4.69, 9.17) is 14.9 Å². The van der Waals surface area contributed by atoms with Crippen LogP contribution in [0.15, 0.2) is 12.3 Å². The van der Waals surface area contributed by atoms with Crippen LogP contribution in [0.1, 0.15) is 13.8 Å². The van der Waals surface area contributed by atoms with Gasteiger partial charge in [0.2, 0.25) is 0 Å². The number of hydrogen-bond acceptors (Lipinski definition) is 6. The van der Waals surface area contributed by atoms with Crippen LogP contribution >= 0.6 is 0 Å². The van der Waals surface area contributed by atoms with Crippen LogP contribution < -0.4 is 14.2 Å². The van der Waals surface area contributed by atoms with Crippen molar-refractivity contribution in [3.8, 4) is 17.4 Å². The molecule has 0 unspecified atom stereocenters. The Balaban J connectivity index is 3.03. The number of nitrogens with zero attached hydrogens (tertiary/aromatic N) is 1. The molecule has 8 heteroatoms. The highest BCUT2D eigenvalue weighted by atomic mass is 16.7. The molecular formula is C10H11NO7. The zero-order chi connectivity index (χ0) is 13.7. The molecule has 0 radical (unpaired) electrons. The molecule has 0 atom stereocenters. The number of aromatic nitrogens is 1. The molecule has 98 valence electrons. The van der Waals surface area contributed by atoms with Crippen LogP contribution in [-0.4, -0.2) is 33.6 Å². The third kappa shape index (κ3) is 4.16. The Bertz CT molecular complexity index is 458. The zero-order valence-corrected chi connectivity index (χ0v) is 9.61. The van der Waals surface area contributed by atoms with E-state index in [1.807, 2.05) is 0 Å². The highest BCUT2D eigenvalue weighted by Crippen LogP contribution is 2.29. The Morgan fingerprint density at radius 3 is 2.33 bits per heavy atom. The van der Waals surface area contributed by atoms with E-state index in [0.29, 0.717) is 0 Å². The Hall–Kier alpha value is -2.51. The molecule has 0 saturated heterocycles. The number of hydrogen-bond donors (Lipinski definition) is 2. The summed E-state index contributed by atoms with van der Waals surface area (Å²) in [5.74, 6) is -0.407. The van der Waals surface area contributed by atoms with Gasteiger partial charge in [-0.1, -0.05) is 0 Å². The van der Waals surface area contributed by atoms with E-state index in [9.17, 15) is 9.59 Å². The van der Waals surface area contributed by atoms with E-state index in [2.05, 4.69) is 14.5 Å². The van der Waals surface area contributed by atoms with Gasteiger partial charge in [-0.15, -0.1) is 0 Å². The molecule has 0 fully saturated rings. The molecule has 1 rings (SSSR count). The molecule has 0 aliphatic heterocycles. The highest BCUT2D eigenvalue weighted by molar-refractivity contribution is 5.63. The fraction of sp³-hybridized carbons (Fsp3) is 0.300. The smallest absolute Gasteiger partial charge is 0.485 e. The lowest BCUT2D eigenvalue weighted by Gasteiger charge is -2.12. The second-order valence-electron chi connectivity index (χ2n) is 3.38. The average Bonchev–Trinajstić information content (AvgIpc) is 2.19. The van der Waals surface area contributed by atoms with Gasteiger partial charge >= 0.3 is 12.3 Å². The number of carboxylic acid groups (broad SMARTS) is 2. The number of pyridine rings is 1. The van der Waals surface area contributed by atoms with Crippen molar-refractivity contribution >= 4 is 12.3 Å². The van der Waals surface area contributed by atoms with Gasteiger partial charge in [0.1, 0.15) is 0 Å². The van der Waals surface area contributed by atoms with E-state index >= 15 is 0 Å². The van der Waals surface area contributed by atoms with Crippen molar-refractivity contribution in [2.45, 2.75) is 20.0 Å². The zero-order valence-electron chi connectivity index (χ0n) is 9.61. The van der Waals surface area contributed by atoms with Crippen molar-refractivity contribution < 1.29 is 34.0 Å². The van der Waals surface area contributed by atoms with Crippen LogP contribution in [-0.2, 0) is 0 Å². The van der Waals surface area contributed by atoms with Crippen LogP contribution in [0.5, 0.6) is 17.4 Å². The molecule has 0 aliphatic carbocycles. The third-order valence-corrected chi connectivity index (χ3v) is 1.54. The summed E-state index contributed by atoms with van der Waals surface area (Å²) < 4.78 is 14.0. The van der Waals surface area contributed by atoms with Crippen LogP contribution in [0.3, 0.4) is 0 Å². The fourth-order valence-corrected chi connectivity index (χ4v) is 1.07. The normalized spacial score (nSPS) is 9.94. The van der Waals surface area contributed by atoms with Crippen molar-refractivity contribution in [2.24, 2.45) is 0 Å². The molecule has 8 nitrogen and oxygen atoms in total. The van der Waals surface area contributed by atoms with Gasteiger partial charge in [0.15, 0.2) is 11.5 Å². The molecule has 0 saturated carbocycles. The molecule has 18 heavy (non-hydrogen) atoms. The minimum atomic E-state index is -1.55. The van der Waals surface area contributed by atoms with Gasteiger partial charge in [-0.05, 0) is 13.8 Å². The molecule has 0 amide bonds. The summed E-state index contributed by atoms with van der Waals surface area (Å²) in [6.45, 7) is 3.41. The van der Waals surface area contributed by atoms with Gasteiger partial charge in [0.05, 0.1) is 12.3 Å². The summed E-state index contributed by atoms with van der Waals surface area (Å²) in [6, 6.07) is 1.18. The second-order valence-corrected chi connectivity index (χ2v) is 3.38. The molecule has 0 spiro atoms. The topological polar surface area (TPSA) is 115 Å². The summed E-state index contributed by atoms with van der Waals surface area (Å²) in [6.07, 6.45) is -2.33. The van der Waals surface area contributed by atoms with Gasteiger partial charge < -0.3 is 24.4 Å². The van der Waals surface area contributed by atoms with E-state index < -0.39 is 12.3 Å². The van der Waals surface area contributed by atoms with Gasteiger partial charge in [-0.2, -0.15) is 0 Å². The van der Waals surface area contributed by atoms with Crippen molar-refractivity contribution in [2.75, 3.05) is 0 Å². The maximum absolute atomic E-state index is 10.4. The molecule has 0 aliphatic rings. The Labute approximate surface area is 102 Å². The van der Waals surface area contributed by atoms with Gasteiger partial charge in [-0.3, -0.25) is 0 Å². The predicted molar refractivity (Wildman–Crippen MR) is 57.3 cm³/mol. The summed E-state index contributed by atoms with van der Waals surface area (Å²) in [5.41, 5.74) is 0. The first-order chi connectivity index (χ1) is 8.38. The number of rotatable bonds is 4. The summed E-state index contributed by atoms with van der Waals surface area (Å²) in [7, 11) is 0. The maximum atomic E-state index is 10.4. The summed E-state index contributed by atoms with van der Waals surface area (Å²) >= 11 is 0. The van der Waals surface area contributed by atoms with Crippen LogP contribution in [0.2, 0.25) is 0 Å². The van der Waals surface area contributed by atoms with E-state index in [0.717, 1.165) is 6.20 Å². The monoisotopic (exact) mass is 257 g/mol. The fourth-order valence-electron chi connectivity index (χ4n) is 1.07. The maximum Gasteiger partial charge on any atom is 0.512 e. The molecule has 0 bridgehead atoms. The molecular weight excluding hydrogens is 246 g/mol. The van der Waals surface area contributed by atoms with Crippen molar-refractivity contribution in [3.05, 3.63) is 12.3 Å². The van der Waals surface area contributed by atoms with Gasteiger partial charge in [0.25, 0.3) is 5.88 Å². The van der Waals surface area contributed by atoms with E-state index in [1.54, 1.807) is 13.8 Å². The first kappa shape index (κ1) is 13.6. The highest BCUT2D eigenvalue weighted by Gasteiger charge is 2.15. The molecule has 1 aromatic rings. The Morgan fingerprint density at radius 1 is 1.22 bits per heavy atom. The lowest BCUT2D eigenvalue weighted by molar-refractivity contribution is 0.135. The lowest BCUT2D eigenvalue weighted by Crippen LogP contribution is -2.11. The summed E-state index contributed by atoms with van der Waals surface area (Å²) in [5, 5.41) is 16.9. The van der Waals surface area contributed by atoms with Gasteiger partial charge in [0, 0.05) is 6.07 Å². The molecule has 1 heterocycles. The molecule has 2 N–H and O–H groups in total. The first-order valence-electron chi connectivity index (χ1n) is 4.86. The Morgan fingerprint density at radius 2 is 1.83 bits per heavy atom. The van der Waals surface area contributed by atoms with Crippen LogP contribution in [0.4, 0.5) is 9.59 Å². The number of carbonyl (C=O) groups is 2. The van der Waals surface area contributed by atoms with Crippen LogP contribution in [0, 0.1) is 0 Å². The van der Waals surface area contributed by atoms with E-state index in [-0.39, 0.29) is 23.5 Å². The predicted octanol–water partition coefficient (Wildman–Crippen LogP) is 1.98. The first-order valence-corrected chi connectivity index (χ1v) is 4.86. The lowest BCUT2D eigenvalue weighted by atomic mass is 10.4. The minimum absolute atomic E-state index is 0.0221. The van der Waals surface area contributed by atoms with Gasteiger partial charge in [-0.25, -0.2) is 14.6 Å².